The number of hydrogen-bond donors (Lipinski definition) is 1. The van der Waals surface area contributed by atoms with E-state index in [2.05, 4.69) is 5.32 Å². The summed E-state index contributed by atoms with van der Waals surface area (Å²) in [6, 6.07) is 11.3. The Morgan fingerprint density at radius 3 is 2.89 bits per heavy atom. The molecule has 27 heavy (non-hydrogen) atoms. The second-order valence-corrected chi connectivity index (χ2v) is 7.52. The molecule has 0 fully saturated rings. The highest BCUT2D eigenvalue weighted by molar-refractivity contribution is 7.99. The van der Waals surface area contributed by atoms with Crippen LogP contribution in [0.15, 0.2) is 36.4 Å². The number of carbonyl (C=O) groups excluding carboxylic acids is 1. The van der Waals surface area contributed by atoms with Crippen molar-refractivity contribution in [2.45, 2.75) is 18.7 Å². The minimum absolute atomic E-state index is 0.0259. The van der Waals surface area contributed by atoms with Crippen LogP contribution in [0.4, 0.5) is 0 Å². The second kappa shape index (κ2) is 9.24. The molecule has 2 aromatic rings. The van der Waals surface area contributed by atoms with E-state index in [1.54, 1.807) is 7.11 Å². The SMILES string of the molecule is COc1ccccc1[C@@H](C)NC(=O)CSCc1cc(Cl)c2c(c1)OCCO2. The molecular weight excluding hydrogens is 386 g/mol. The van der Waals surface area contributed by atoms with Crippen molar-refractivity contribution in [3.8, 4) is 17.2 Å². The third-order valence-corrected chi connectivity index (χ3v) is 5.43. The Labute approximate surface area is 168 Å². The highest BCUT2D eigenvalue weighted by Gasteiger charge is 2.17. The van der Waals surface area contributed by atoms with Gasteiger partial charge in [-0.3, -0.25) is 4.79 Å². The number of fused-ring (bicyclic) bond motifs is 1. The fourth-order valence-corrected chi connectivity index (χ4v) is 3.96. The van der Waals surface area contributed by atoms with Crippen LogP contribution >= 0.6 is 23.4 Å². The summed E-state index contributed by atoms with van der Waals surface area (Å²) >= 11 is 7.77. The van der Waals surface area contributed by atoms with Crippen molar-refractivity contribution >= 4 is 29.3 Å². The highest BCUT2D eigenvalue weighted by Crippen LogP contribution is 2.39. The van der Waals surface area contributed by atoms with Gasteiger partial charge in [-0.15, -0.1) is 11.8 Å². The maximum atomic E-state index is 12.3. The quantitative estimate of drug-likeness (QED) is 0.744. The van der Waals surface area contributed by atoms with Crippen LogP contribution in [0.3, 0.4) is 0 Å². The number of ether oxygens (including phenoxy) is 3. The number of rotatable bonds is 7. The number of hydrogen-bond acceptors (Lipinski definition) is 5. The summed E-state index contributed by atoms with van der Waals surface area (Å²) in [6.45, 7) is 2.97. The van der Waals surface area contributed by atoms with E-state index in [0.29, 0.717) is 41.2 Å². The van der Waals surface area contributed by atoms with Gasteiger partial charge in [-0.2, -0.15) is 0 Å². The molecule has 1 heterocycles. The van der Waals surface area contributed by atoms with Gasteiger partial charge in [-0.1, -0.05) is 29.8 Å². The summed E-state index contributed by atoms with van der Waals surface area (Å²) in [5.74, 6) is 3.02. The van der Waals surface area contributed by atoms with Crippen molar-refractivity contribution in [2.75, 3.05) is 26.1 Å². The fourth-order valence-electron chi connectivity index (χ4n) is 2.89. The van der Waals surface area contributed by atoms with Crippen molar-refractivity contribution in [2.24, 2.45) is 0 Å². The summed E-state index contributed by atoms with van der Waals surface area (Å²) in [7, 11) is 1.63. The Bertz CT molecular complexity index is 815. The van der Waals surface area contributed by atoms with Gasteiger partial charge in [0.05, 0.1) is 23.9 Å². The molecule has 3 rings (SSSR count). The molecule has 1 N–H and O–H groups in total. The Hall–Kier alpha value is -2.05. The number of thioether (sulfide) groups is 1. The zero-order valence-electron chi connectivity index (χ0n) is 15.3. The van der Waals surface area contributed by atoms with Crippen LogP contribution in [-0.4, -0.2) is 32.0 Å². The maximum Gasteiger partial charge on any atom is 0.230 e. The average molecular weight is 408 g/mol. The molecule has 0 saturated heterocycles. The molecule has 1 atom stereocenters. The third-order valence-electron chi connectivity index (χ3n) is 4.14. The van der Waals surface area contributed by atoms with E-state index in [9.17, 15) is 4.79 Å². The van der Waals surface area contributed by atoms with E-state index in [1.165, 1.54) is 11.8 Å². The van der Waals surface area contributed by atoms with Crippen molar-refractivity contribution in [1.82, 2.24) is 5.32 Å². The molecule has 0 bridgehead atoms. The molecule has 0 saturated carbocycles. The van der Waals surface area contributed by atoms with Gasteiger partial charge >= 0.3 is 0 Å². The number of carbonyl (C=O) groups is 1. The van der Waals surface area contributed by atoms with Crippen LogP contribution in [0.5, 0.6) is 17.2 Å². The number of halogens is 1. The summed E-state index contributed by atoms with van der Waals surface area (Å²) in [6.07, 6.45) is 0. The summed E-state index contributed by atoms with van der Waals surface area (Å²) in [5.41, 5.74) is 1.96. The van der Waals surface area contributed by atoms with E-state index < -0.39 is 0 Å². The average Bonchev–Trinajstić information content (AvgIpc) is 2.68. The summed E-state index contributed by atoms with van der Waals surface area (Å²) in [4.78, 5) is 12.3. The van der Waals surface area contributed by atoms with Crippen molar-refractivity contribution < 1.29 is 19.0 Å². The monoisotopic (exact) mass is 407 g/mol. The van der Waals surface area contributed by atoms with Crippen molar-refractivity contribution in [3.05, 3.63) is 52.5 Å². The molecule has 0 spiro atoms. The minimum Gasteiger partial charge on any atom is -0.496 e. The van der Waals surface area contributed by atoms with Gasteiger partial charge in [0.15, 0.2) is 11.5 Å². The van der Waals surface area contributed by atoms with Crippen molar-refractivity contribution in [1.29, 1.82) is 0 Å². The number of nitrogens with one attached hydrogen (secondary N) is 1. The van der Waals surface area contributed by atoms with Gasteiger partial charge < -0.3 is 19.5 Å². The number of methoxy groups -OCH3 is 1. The van der Waals surface area contributed by atoms with Crippen molar-refractivity contribution in [3.63, 3.8) is 0 Å². The van der Waals surface area contributed by atoms with Gasteiger partial charge in [-0.25, -0.2) is 0 Å². The Balaban J connectivity index is 1.52. The van der Waals surface area contributed by atoms with Crippen LogP contribution in [0.25, 0.3) is 0 Å². The van der Waals surface area contributed by atoms with Gasteiger partial charge in [-0.05, 0) is 30.7 Å². The predicted octanol–water partition coefficient (Wildman–Crippen LogP) is 4.23. The summed E-state index contributed by atoms with van der Waals surface area (Å²) in [5, 5.41) is 3.55. The molecule has 0 radical (unpaired) electrons. The van der Waals surface area contributed by atoms with E-state index >= 15 is 0 Å². The first-order chi connectivity index (χ1) is 13.1. The van der Waals surface area contributed by atoms with Crippen LogP contribution in [0.2, 0.25) is 5.02 Å². The Kier molecular flexibility index (Phi) is 6.74. The van der Waals surface area contributed by atoms with Gasteiger partial charge in [0.1, 0.15) is 19.0 Å². The number of benzene rings is 2. The van der Waals surface area contributed by atoms with Crippen LogP contribution in [0.1, 0.15) is 24.1 Å². The molecule has 1 aliphatic heterocycles. The molecule has 1 amide bonds. The second-order valence-electron chi connectivity index (χ2n) is 6.13. The lowest BCUT2D eigenvalue weighted by Gasteiger charge is -2.20. The fraction of sp³-hybridized carbons (Fsp3) is 0.350. The standard InChI is InChI=1S/C20H22ClNO4S/c1-13(15-5-3-4-6-17(15)24-2)22-19(23)12-27-11-14-9-16(21)20-18(10-14)25-7-8-26-20/h3-6,9-10,13H,7-8,11-12H2,1-2H3,(H,22,23)/t13-/m1/s1. The first-order valence-corrected chi connectivity index (χ1v) is 10.2. The minimum atomic E-state index is -0.127. The molecule has 7 heteroatoms. The molecule has 2 aromatic carbocycles. The number of para-hydroxylation sites is 1. The first-order valence-electron chi connectivity index (χ1n) is 8.66. The highest BCUT2D eigenvalue weighted by atomic mass is 35.5. The van der Waals surface area contributed by atoms with Crippen LogP contribution in [-0.2, 0) is 10.5 Å². The summed E-state index contributed by atoms with van der Waals surface area (Å²) < 4.78 is 16.5. The Morgan fingerprint density at radius 2 is 2.07 bits per heavy atom. The molecule has 0 unspecified atom stereocenters. The zero-order valence-corrected chi connectivity index (χ0v) is 16.9. The molecule has 144 valence electrons. The smallest absolute Gasteiger partial charge is 0.230 e. The zero-order chi connectivity index (χ0) is 19.2. The van der Waals surface area contributed by atoms with E-state index in [4.69, 9.17) is 25.8 Å². The van der Waals surface area contributed by atoms with E-state index in [0.717, 1.165) is 16.9 Å². The lowest BCUT2D eigenvalue weighted by atomic mass is 10.1. The Morgan fingerprint density at radius 1 is 1.30 bits per heavy atom. The van der Waals surface area contributed by atoms with Crippen LogP contribution in [0, 0.1) is 0 Å². The van der Waals surface area contributed by atoms with Crippen LogP contribution < -0.4 is 19.5 Å². The first kappa shape index (κ1) is 19.7. The third kappa shape index (κ3) is 5.02. The molecule has 0 aliphatic carbocycles. The molecule has 0 aromatic heterocycles. The lowest BCUT2D eigenvalue weighted by molar-refractivity contribution is -0.119. The maximum absolute atomic E-state index is 12.3. The largest absolute Gasteiger partial charge is 0.496 e. The normalized spacial score (nSPS) is 13.7. The van der Waals surface area contributed by atoms with Gasteiger partial charge in [0, 0.05) is 11.3 Å². The van der Waals surface area contributed by atoms with Gasteiger partial charge in [0.2, 0.25) is 5.91 Å². The predicted molar refractivity (Wildman–Crippen MR) is 108 cm³/mol. The van der Waals surface area contributed by atoms with E-state index in [-0.39, 0.29) is 11.9 Å². The lowest BCUT2D eigenvalue weighted by Crippen LogP contribution is -2.28. The van der Waals surface area contributed by atoms with Gasteiger partial charge in [0.25, 0.3) is 0 Å². The molecule has 1 aliphatic rings. The topological polar surface area (TPSA) is 56.8 Å². The molecule has 5 nitrogen and oxygen atoms in total. The van der Waals surface area contributed by atoms with E-state index in [1.807, 2.05) is 43.3 Å². The number of amides is 1. The molecular formula is C20H22ClNO4S.